The molecule has 1 heterocycles. The van der Waals surface area contributed by atoms with Crippen LogP contribution in [0.2, 0.25) is 0 Å². The molecule has 4 heteroatoms. The van der Waals surface area contributed by atoms with E-state index in [-0.39, 0.29) is 5.97 Å². The van der Waals surface area contributed by atoms with Crippen LogP contribution in [0.25, 0.3) is 10.8 Å². The van der Waals surface area contributed by atoms with Crippen molar-refractivity contribution in [3.05, 3.63) is 36.7 Å². The standard InChI is InChI=1S/C18H23NO3/c1-5-6-16(17(20)22-18(2,3)4)21-15-8-7-13-9-10-19-12-14(13)11-15/h7-12,16H,5-6H2,1-4H3/t16-/m0/s1. The van der Waals surface area contributed by atoms with E-state index >= 15 is 0 Å². The van der Waals surface area contributed by atoms with Gasteiger partial charge in [-0.1, -0.05) is 19.4 Å². The Morgan fingerprint density at radius 3 is 2.68 bits per heavy atom. The summed E-state index contributed by atoms with van der Waals surface area (Å²) in [4.78, 5) is 16.4. The number of nitrogens with zero attached hydrogens (tertiary/aromatic N) is 1. The largest absolute Gasteiger partial charge is 0.479 e. The van der Waals surface area contributed by atoms with Crippen LogP contribution in [-0.2, 0) is 9.53 Å². The van der Waals surface area contributed by atoms with Gasteiger partial charge in [-0.05, 0) is 50.8 Å². The quantitative estimate of drug-likeness (QED) is 0.779. The topological polar surface area (TPSA) is 48.4 Å². The summed E-state index contributed by atoms with van der Waals surface area (Å²) in [6, 6.07) is 7.67. The van der Waals surface area contributed by atoms with Crippen LogP contribution >= 0.6 is 0 Å². The van der Waals surface area contributed by atoms with Gasteiger partial charge < -0.3 is 9.47 Å². The van der Waals surface area contributed by atoms with Crippen LogP contribution in [0, 0.1) is 0 Å². The molecule has 0 spiro atoms. The van der Waals surface area contributed by atoms with E-state index in [1.807, 2.05) is 52.0 Å². The first-order valence-corrected chi connectivity index (χ1v) is 7.62. The van der Waals surface area contributed by atoms with Gasteiger partial charge in [0.2, 0.25) is 0 Å². The average molecular weight is 301 g/mol. The number of hydrogen-bond donors (Lipinski definition) is 0. The molecule has 1 aromatic heterocycles. The molecule has 0 bridgehead atoms. The van der Waals surface area contributed by atoms with Crippen molar-refractivity contribution in [1.82, 2.24) is 4.98 Å². The first kappa shape index (κ1) is 16.3. The SMILES string of the molecule is CCC[C@H](Oc1ccc2ccncc2c1)C(=O)OC(C)(C)C. The maximum absolute atomic E-state index is 12.3. The maximum atomic E-state index is 12.3. The minimum absolute atomic E-state index is 0.319. The van der Waals surface area contributed by atoms with Crippen molar-refractivity contribution >= 4 is 16.7 Å². The molecule has 0 aliphatic carbocycles. The van der Waals surface area contributed by atoms with E-state index in [1.165, 1.54) is 0 Å². The number of hydrogen-bond acceptors (Lipinski definition) is 4. The first-order chi connectivity index (χ1) is 10.4. The predicted octanol–water partition coefficient (Wildman–Crippen LogP) is 4.12. The number of rotatable bonds is 5. The zero-order chi connectivity index (χ0) is 16.2. The maximum Gasteiger partial charge on any atom is 0.347 e. The summed E-state index contributed by atoms with van der Waals surface area (Å²) in [7, 11) is 0. The van der Waals surface area contributed by atoms with Crippen molar-refractivity contribution in [2.24, 2.45) is 0 Å². The summed E-state index contributed by atoms with van der Waals surface area (Å²) in [5.41, 5.74) is -0.514. The summed E-state index contributed by atoms with van der Waals surface area (Å²) in [6.45, 7) is 7.59. The molecule has 2 aromatic rings. The van der Waals surface area contributed by atoms with E-state index < -0.39 is 11.7 Å². The van der Waals surface area contributed by atoms with E-state index in [1.54, 1.807) is 12.4 Å². The van der Waals surface area contributed by atoms with Crippen LogP contribution in [0.3, 0.4) is 0 Å². The molecule has 0 amide bonds. The second kappa shape index (κ2) is 6.77. The number of ether oxygens (including phenoxy) is 2. The number of pyridine rings is 1. The molecule has 0 aliphatic heterocycles. The Morgan fingerprint density at radius 2 is 2.00 bits per heavy atom. The Balaban J connectivity index is 2.16. The van der Waals surface area contributed by atoms with Crippen LogP contribution in [0.1, 0.15) is 40.5 Å². The zero-order valence-corrected chi connectivity index (χ0v) is 13.6. The normalized spacial score (nSPS) is 12.9. The molecular weight excluding hydrogens is 278 g/mol. The fourth-order valence-electron chi connectivity index (χ4n) is 2.16. The molecule has 0 aliphatic rings. The molecule has 2 rings (SSSR count). The van der Waals surface area contributed by atoms with E-state index in [0.717, 1.165) is 17.2 Å². The molecule has 0 saturated heterocycles. The Morgan fingerprint density at radius 1 is 1.23 bits per heavy atom. The predicted molar refractivity (Wildman–Crippen MR) is 86.9 cm³/mol. The minimum Gasteiger partial charge on any atom is -0.479 e. The molecule has 0 N–H and O–H groups in total. The number of aromatic nitrogens is 1. The lowest BCUT2D eigenvalue weighted by atomic mass is 10.1. The molecular formula is C18H23NO3. The van der Waals surface area contributed by atoms with Gasteiger partial charge in [0, 0.05) is 17.8 Å². The van der Waals surface area contributed by atoms with Crippen LogP contribution in [0.5, 0.6) is 5.75 Å². The number of carbonyl (C=O) groups excluding carboxylic acids is 1. The third-order valence-electron chi connectivity index (χ3n) is 3.11. The fourth-order valence-corrected chi connectivity index (χ4v) is 2.16. The van der Waals surface area contributed by atoms with Crippen molar-refractivity contribution in [1.29, 1.82) is 0 Å². The Labute approximate surface area is 131 Å². The molecule has 0 unspecified atom stereocenters. The molecule has 22 heavy (non-hydrogen) atoms. The highest BCUT2D eigenvalue weighted by molar-refractivity contribution is 5.83. The van der Waals surface area contributed by atoms with Crippen LogP contribution in [0.4, 0.5) is 0 Å². The molecule has 1 aromatic carbocycles. The van der Waals surface area contributed by atoms with Gasteiger partial charge >= 0.3 is 5.97 Å². The first-order valence-electron chi connectivity index (χ1n) is 7.62. The fraction of sp³-hybridized carbons (Fsp3) is 0.444. The Kier molecular flexibility index (Phi) is 5.01. The summed E-state index contributed by atoms with van der Waals surface area (Å²) in [5.74, 6) is 0.338. The van der Waals surface area contributed by atoms with Gasteiger partial charge in [0.05, 0.1) is 0 Å². The second-order valence-electron chi connectivity index (χ2n) is 6.31. The van der Waals surface area contributed by atoms with Crippen molar-refractivity contribution < 1.29 is 14.3 Å². The van der Waals surface area contributed by atoms with Gasteiger partial charge in [-0.2, -0.15) is 0 Å². The van der Waals surface area contributed by atoms with Gasteiger partial charge in [0.1, 0.15) is 11.4 Å². The Hall–Kier alpha value is -2.10. The number of benzene rings is 1. The van der Waals surface area contributed by atoms with Gasteiger partial charge in [-0.3, -0.25) is 4.98 Å². The van der Waals surface area contributed by atoms with Crippen LogP contribution in [0.15, 0.2) is 36.7 Å². The molecule has 0 radical (unpaired) electrons. The van der Waals surface area contributed by atoms with E-state index in [4.69, 9.17) is 9.47 Å². The molecule has 0 fully saturated rings. The van der Waals surface area contributed by atoms with Crippen molar-refractivity contribution in [3.8, 4) is 5.75 Å². The zero-order valence-electron chi connectivity index (χ0n) is 13.6. The third-order valence-corrected chi connectivity index (χ3v) is 3.11. The minimum atomic E-state index is -0.585. The summed E-state index contributed by atoms with van der Waals surface area (Å²) >= 11 is 0. The van der Waals surface area contributed by atoms with Crippen molar-refractivity contribution in [2.75, 3.05) is 0 Å². The van der Waals surface area contributed by atoms with Crippen LogP contribution in [-0.4, -0.2) is 22.7 Å². The third kappa shape index (κ3) is 4.45. The lowest BCUT2D eigenvalue weighted by Gasteiger charge is -2.24. The highest BCUT2D eigenvalue weighted by Crippen LogP contribution is 2.22. The van der Waals surface area contributed by atoms with Crippen molar-refractivity contribution in [2.45, 2.75) is 52.2 Å². The van der Waals surface area contributed by atoms with E-state index in [2.05, 4.69) is 4.98 Å². The summed E-state index contributed by atoms with van der Waals surface area (Å²) < 4.78 is 11.3. The average Bonchev–Trinajstić information content (AvgIpc) is 2.45. The molecule has 1 atom stereocenters. The lowest BCUT2D eigenvalue weighted by Crippen LogP contribution is -2.35. The van der Waals surface area contributed by atoms with Gasteiger partial charge in [-0.25, -0.2) is 4.79 Å². The highest BCUT2D eigenvalue weighted by Gasteiger charge is 2.26. The summed E-state index contributed by atoms with van der Waals surface area (Å²) in [6.07, 6.45) is 4.42. The lowest BCUT2D eigenvalue weighted by molar-refractivity contribution is -0.163. The molecule has 0 saturated carbocycles. The van der Waals surface area contributed by atoms with Crippen molar-refractivity contribution in [3.63, 3.8) is 0 Å². The molecule has 4 nitrogen and oxygen atoms in total. The monoisotopic (exact) mass is 301 g/mol. The number of carbonyl (C=O) groups is 1. The Bertz CT molecular complexity index is 646. The van der Waals surface area contributed by atoms with E-state index in [9.17, 15) is 4.79 Å². The number of fused-ring (bicyclic) bond motifs is 1. The summed E-state index contributed by atoms with van der Waals surface area (Å²) in [5, 5.41) is 2.08. The number of esters is 1. The van der Waals surface area contributed by atoms with E-state index in [0.29, 0.717) is 12.2 Å². The molecule has 118 valence electrons. The van der Waals surface area contributed by atoms with Gasteiger partial charge in [0.15, 0.2) is 6.10 Å². The van der Waals surface area contributed by atoms with Gasteiger partial charge in [-0.15, -0.1) is 0 Å². The highest BCUT2D eigenvalue weighted by atomic mass is 16.6. The smallest absolute Gasteiger partial charge is 0.347 e. The second-order valence-corrected chi connectivity index (χ2v) is 6.31. The van der Waals surface area contributed by atoms with Crippen LogP contribution < -0.4 is 4.74 Å². The van der Waals surface area contributed by atoms with Gasteiger partial charge in [0.25, 0.3) is 0 Å².